The maximum atomic E-state index is 14.1. The number of nitrogens with one attached hydrogen (secondary N) is 1. The fourth-order valence-corrected chi connectivity index (χ4v) is 3.75. The Morgan fingerprint density at radius 3 is 2.64 bits per heavy atom. The first-order valence-electron chi connectivity index (χ1n) is 8.65. The number of hydrogen-bond acceptors (Lipinski definition) is 5. The molecular formula is C17H16F3N5O3. The van der Waals surface area contributed by atoms with Gasteiger partial charge in [0.15, 0.2) is 5.82 Å². The van der Waals surface area contributed by atoms with Crippen molar-refractivity contribution in [2.24, 2.45) is 11.8 Å². The van der Waals surface area contributed by atoms with Gasteiger partial charge < -0.3 is 10.2 Å². The number of anilines is 1. The largest absolute Gasteiger partial charge is 0.368 e. The molecule has 28 heavy (non-hydrogen) atoms. The van der Waals surface area contributed by atoms with Crippen LogP contribution >= 0.6 is 0 Å². The number of halogens is 3. The van der Waals surface area contributed by atoms with Gasteiger partial charge in [-0.15, -0.1) is 0 Å². The number of nitrogens with zero attached hydrogens (tertiary/aromatic N) is 4. The third-order valence-corrected chi connectivity index (χ3v) is 5.17. The van der Waals surface area contributed by atoms with Crippen LogP contribution in [0.3, 0.4) is 0 Å². The summed E-state index contributed by atoms with van der Waals surface area (Å²) in [5.41, 5.74) is 0.0690. The van der Waals surface area contributed by atoms with Crippen molar-refractivity contribution in [3.63, 3.8) is 0 Å². The van der Waals surface area contributed by atoms with Gasteiger partial charge in [-0.2, -0.15) is 5.10 Å². The van der Waals surface area contributed by atoms with Crippen molar-refractivity contribution >= 4 is 17.3 Å². The van der Waals surface area contributed by atoms with Gasteiger partial charge in [0, 0.05) is 43.2 Å². The molecule has 1 saturated heterocycles. The molecule has 2 aliphatic rings. The second kappa shape index (κ2) is 6.80. The predicted octanol–water partition coefficient (Wildman–Crippen LogP) is 2.06. The van der Waals surface area contributed by atoms with Crippen molar-refractivity contribution in [3.8, 4) is 0 Å². The molecule has 2 heterocycles. The third-order valence-electron chi connectivity index (χ3n) is 5.17. The number of nitro groups is 1. The standard InChI is InChI=1S/C17H16F3N5O3/c18-12-5-9(25(27)28)1-2-14(12)23-6-10-11(7-23)16(10)21-17(26)13-3-4-24(22-13)8-15(19)20/h1-5,10-11,15-16H,6-8H2,(H,21,26)/t10-,11+,16?. The SMILES string of the molecule is O=C(NC1[C@H]2CN(c3ccc([N+](=O)[O-])cc3F)C[C@@H]12)c1ccn(CC(F)F)n1. The number of nitro benzene ring substituents is 1. The molecule has 148 valence electrons. The molecule has 1 amide bonds. The first-order valence-corrected chi connectivity index (χ1v) is 8.65. The van der Waals surface area contributed by atoms with Crippen LogP contribution in [0.5, 0.6) is 0 Å². The van der Waals surface area contributed by atoms with Crippen molar-refractivity contribution in [1.82, 2.24) is 15.1 Å². The van der Waals surface area contributed by atoms with Gasteiger partial charge in [-0.1, -0.05) is 0 Å². The second-order valence-corrected chi connectivity index (χ2v) is 6.94. The third kappa shape index (κ3) is 3.39. The van der Waals surface area contributed by atoms with E-state index in [0.29, 0.717) is 18.8 Å². The molecule has 3 atom stereocenters. The van der Waals surface area contributed by atoms with Crippen molar-refractivity contribution < 1.29 is 22.9 Å². The highest BCUT2D eigenvalue weighted by Gasteiger charge is 2.56. The van der Waals surface area contributed by atoms with Crippen molar-refractivity contribution in [3.05, 3.63) is 52.1 Å². The van der Waals surface area contributed by atoms with Gasteiger partial charge in [-0.25, -0.2) is 13.2 Å². The van der Waals surface area contributed by atoms with E-state index < -0.39 is 29.6 Å². The van der Waals surface area contributed by atoms with Crippen LogP contribution in [-0.2, 0) is 6.54 Å². The smallest absolute Gasteiger partial charge is 0.272 e. The van der Waals surface area contributed by atoms with Gasteiger partial charge >= 0.3 is 0 Å². The molecule has 2 aromatic rings. The molecular weight excluding hydrogens is 379 g/mol. The van der Waals surface area contributed by atoms with Gasteiger partial charge in [-0.3, -0.25) is 19.6 Å². The van der Waals surface area contributed by atoms with E-state index in [1.165, 1.54) is 24.4 Å². The Morgan fingerprint density at radius 1 is 1.32 bits per heavy atom. The van der Waals surface area contributed by atoms with Crippen molar-refractivity contribution in [2.75, 3.05) is 18.0 Å². The zero-order valence-corrected chi connectivity index (χ0v) is 14.5. The average molecular weight is 395 g/mol. The monoisotopic (exact) mass is 395 g/mol. The predicted molar refractivity (Wildman–Crippen MR) is 91.7 cm³/mol. The van der Waals surface area contributed by atoms with Crippen LogP contribution in [-0.4, -0.2) is 46.2 Å². The highest BCUT2D eigenvalue weighted by Crippen LogP contribution is 2.47. The zero-order chi connectivity index (χ0) is 20.0. The number of amides is 1. The number of hydrogen-bond donors (Lipinski definition) is 1. The maximum absolute atomic E-state index is 14.1. The maximum Gasteiger partial charge on any atom is 0.272 e. The minimum absolute atomic E-state index is 0.0730. The van der Waals surface area contributed by atoms with Crippen LogP contribution < -0.4 is 10.2 Å². The number of non-ortho nitro benzene ring substituents is 1. The quantitative estimate of drug-likeness (QED) is 0.597. The Bertz CT molecular complexity index is 923. The van der Waals surface area contributed by atoms with Crippen LogP contribution in [0.4, 0.5) is 24.5 Å². The summed E-state index contributed by atoms with van der Waals surface area (Å²) in [4.78, 5) is 24.1. The molecule has 0 bridgehead atoms. The lowest BCUT2D eigenvalue weighted by Gasteiger charge is -2.22. The summed E-state index contributed by atoms with van der Waals surface area (Å²) in [5, 5.41) is 17.4. The van der Waals surface area contributed by atoms with E-state index in [1.54, 1.807) is 4.90 Å². The van der Waals surface area contributed by atoms with Crippen LogP contribution in [0.15, 0.2) is 30.5 Å². The van der Waals surface area contributed by atoms with Crippen LogP contribution in [0.2, 0.25) is 0 Å². The molecule has 1 N–H and O–H groups in total. The van der Waals surface area contributed by atoms with Crippen LogP contribution in [0, 0.1) is 27.8 Å². The van der Waals surface area contributed by atoms with E-state index in [-0.39, 0.29) is 29.3 Å². The molecule has 1 aromatic heterocycles. The summed E-state index contributed by atoms with van der Waals surface area (Å²) in [6, 6.07) is 4.85. The molecule has 0 spiro atoms. The van der Waals surface area contributed by atoms with E-state index >= 15 is 0 Å². The molecule has 1 saturated carbocycles. The second-order valence-electron chi connectivity index (χ2n) is 6.94. The fraction of sp³-hybridized carbons (Fsp3) is 0.412. The lowest BCUT2D eigenvalue weighted by Crippen LogP contribution is -2.35. The Hall–Kier alpha value is -3.11. The summed E-state index contributed by atoms with van der Waals surface area (Å²) >= 11 is 0. The lowest BCUT2D eigenvalue weighted by molar-refractivity contribution is -0.385. The molecule has 1 aliphatic heterocycles. The number of carbonyl (C=O) groups excluding carboxylic acids is 1. The summed E-state index contributed by atoms with van der Waals surface area (Å²) in [6.07, 6.45) is -1.22. The van der Waals surface area contributed by atoms with Gasteiger partial charge in [0.2, 0.25) is 0 Å². The van der Waals surface area contributed by atoms with Crippen LogP contribution in [0.25, 0.3) is 0 Å². The van der Waals surface area contributed by atoms with Gasteiger partial charge in [0.1, 0.15) is 12.2 Å². The number of carbonyl (C=O) groups is 1. The minimum atomic E-state index is -2.55. The summed E-state index contributed by atoms with van der Waals surface area (Å²) in [7, 11) is 0. The number of aromatic nitrogens is 2. The molecule has 8 nitrogen and oxygen atoms in total. The normalized spacial score (nSPS) is 23.0. The molecule has 0 radical (unpaired) electrons. The topological polar surface area (TPSA) is 93.3 Å². The number of alkyl halides is 2. The molecule has 4 rings (SSSR count). The van der Waals surface area contributed by atoms with Gasteiger partial charge in [0.05, 0.1) is 16.7 Å². The Morgan fingerprint density at radius 2 is 2.04 bits per heavy atom. The van der Waals surface area contributed by atoms with E-state index in [9.17, 15) is 28.1 Å². The summed E-state index contributed by atoms with van der Waals surface area (Å²) in [6.45, 7) is 0.464. The Labute approximate surface area is 157 Å². The number of benzene rings is 1. The highest BCUT2D eigenvalue weighted by atomic mass is 19.3. The molecule has 1 aliphatic carbocycles. The number of piperidine rings is 1. The molecule has 1 aromatic carbocycles. The first-order chi connectivity index (χ1) is 13.3. The Kier molecular flexibility index (Phi) is 4.44. The number of fused-ring (bicyclic) bond motifs is 1. The summed E-state index contributed by atoms with van der Waals surface area (Å²) in [5.74, 6) is -0.801. The highest BCUT2D eigenvalue weighted by molar-refractivity contribution is 5.92. The Balaban J connectivity index is 1.33. The van der Waals surface area contributed by atoms with Gasteiger partial charge in [-0.05, 0) is 12.1 Å². The zero-order valence-electron chi connectivity index (χ0n) is 14.5. The van der Waals surface area contributed by atoms with E-state index in [2.05, 4.69) is 10.4 Å². The fourth-order valence-electron chi connectivity index (χ4n) is 3.75. The van der Waals surface area contributed by atoms with Crippen molar-refractivity contribution in [1.29, 1.82) is 0 Å². The van der Waals surface area contributed by atoms with Crippen molar-refractivity contribution in [2.45, 2.75) is 19.0 Å². The van der Waals surface area contributed by atoms with E-state index in [1.807, 2.05) is 0 Å². The van der Waals surface area contributed by atoms with Crippen LogP contribution in [0.1, 0.15) is 10.5 Å². The minimum Gasteiger partial charge on any atom is -0.368 e. The molecule has 1 unspecified atom stereocenters. The average Bonchev–Trinajstić information content (AvgIpc) is 3.02. The van der Waals surface area contributed by atoms with E-state index in [4.69, 9.17) is 0 Å². The molecule has 11 heteroatoms. The number of rotatable bonds is 6. The van der Waals surface area contributed by atoms with E-state index in [0.717, 1.165) is 10.7 Å². The first kappa shape index (κ1) is 18.3. The summed E-state index contributed by atoms with van der Waals surface area (Å²) < 4.78 is 39.9. The van der Waals surface area contributed by atoms with Gasteiger partial charge in [0.25, 0.3) is 18.0 Å². The lowest BCUT2D eigenvalue weighted by atomic mass is 10.2. The molecule has 2 fully saturated rings.